The number of hydrogen-bond donors (Lipinski definition) is 1. The molecule has 0 atom stereocenters. The summed E-state index contributed by atoms with van der Waals surface area (Å²) >= 11 is 5.30. The molecule has 1 aliphatic carbocycles. The molecule has 6 heteroatoms. The van der Waals surface area contributed by atoms with E-state index in [0.717, 1.165) is 23.8 Å². The van der Waals surface area contributed by atoms with Gasteiger partial charge in [-0.1, -0.05) is 42.5 Å². The van der Waals surface area contributed by atoms with Crippen molar-refractivity contribution in [2.24, 2.45) is 0 Å². The third-order valence-corrected chi connectivity index (χ3v) is 5.92. The number of amides is 2. The van der Waals surface area contributed by atoms with Crippen molar-refractivity contribution in [3.8, 4) is 5.75 Å². The Balaban J connectivity index is 1.64. The maximum absolute atomic E-state index is 13.4. The second-order valence-corrected chi connectivity index (χ2v) is 7.67. The van der Waals surface area contributed by atoms with Crippen LogP contribution in [0.1, 0.15) is 16.7 Å². The quantitative estimate of drug-likeness (QED) is 0.403. The zero-order valence-corrected chi connectivity index (χ0v) is 17.1. The normalized spacial score (nSPS) is 17.0. The summed E-state index contributed by atoms with van der Waals surface area (Å²) in [5.41, 5.74) is 3.97. The third kappa shape index (κ3) is 2.80. The van der Waals surface area contributed by atoms with Crippen LogP contribution in [0.2, 0.25) is 0 Å². The minimum Gasteiger partial charge on any atom is -0.495 e. The molecule has 1 saturated heterocycles. The van der Waals surface area contributed by atoms with E-state index >= 15 is 0 Å². The zero-order valence-electron chi connectivity index (χ0n) is 16.3. The van der Waals surface area contributed by atoms with Crippen molar-refractivity contribution in [3.05, 3.63) is 76.9 Å². The number of carbonyl (C=O) groups excluding carboxylic acids is 2. The summed E-state index contributed by atoms with van der Waals surface area (Å²) in [5, 5.41) is 4.95. The first-order chi connectivity index (χ1) is 14.6. The average molecular weight is 414 g/mol. The lowest BCUT2D eigenvalue weighted by molar-refractivity contribution is -0.122. The van der Waals surface area contributed by atoms with Crippen molar-refractivity contribution in [2.75, 3.05) is 12.0 Å². The summed E-state index contributed by atoms with van der Waals surface area (Å²) in [6, 6.07) is 17.3. The lowest BCUT2D eigenvalue weighted by Gasteiger charge is -2.29. The number of nitrogens with zero attached hydrogens (tertiary/aromatic N) is 1. The molecule has 3 aromatic rings. The van der Waals surface area contributed by atoms with Crippen molar-refractivity contribution in [1.29, 1.82) is 0 Å². The van der Waals surface area contributed by atoms with E-state index in [9.17, 15) is 9.59 Å². The Morgan fingerprint density at radius 1 is 1.00 bits per heavy atom. The van der Waals surface area contributed by atoms with Gasteiger partial charge in [-0.15, -0.1) is 0 Å². The van der Waals surface area contributed by atoms with Gasteiger partial charge in [-0.25, -0.2) is 4.90 Å². The fourth-order valence-corrected chi connectivity index (χ4v) is 4.52. The molecule has 1 fully saturated rings. The number of para-hydroxylation sites is 2. The highest BCUT2D eigenvalue weighted by molar-refractivity contribution is 7.80. The van der Waals surface area contributed by atoms with Crippen molar-refractivity contribution in [3.63, 3.8) is 0 Å². The molecule has 0 spiro atoms. The molecular weight excluding hydrogens is 396 g/mol. The van der Waals surface area contributed by atoms with Crippen molar-refractivity contribution >= 4 is 51.7 Å². The average Bonchev–Trinajstić information content (AvgIpc) is 3.17. The predicted molar refractivity (Wildman–Crippen MR) is 121 cm³/mol. The van der Waals surface area contributed by atoms with Gasteiger partial charge in [0.25, 0.3) is 11.8 Å². The van der Waals surface area contributed by atoms with Gasteiger partial charge >= 0.3 is 0 Å². The van der Waals surface area contributed by atoms with Crippen LogP contribution >= 0.6 is 12.2 Å². The molecule has 2 amide bonds. The molecule has 148 valence electrons. The summed E-state index contributed by atoms with van der Waals surface area (Å²) in [5.74, 6) is -0.482. The van der Waals surface area contributed by atoms with Crippen LogP contribution < -0.4 is 15.0 Å². The lowest BCUT2D eigenvalue weighted by atomic mass is 9.97. The van der Waals surface area contributed by atoms with E-state index in [1.54, 1.807) is 24.3 Å². The highest BCUT2D eigenvalue weighted by Crippen LogP contribution is 2.35. The van der Waals surface area contributed by atoms with Gasteiger partial charge < -0.3 is 4.74 Å². The molecule has 1 N–H and O–H groups in total. The van der Waals surface area contributed by atoms with Crippen LogP contribution in [0.4, 0.5) is 5.69 Å². The Labute approximate surface area is 178 Å². The Hall–Kier alpha value is -3.51. The van der Waals surface area contributed by atoms with Gasteiger partial charge in [-0.05, 0) is 70.7 Å². The highest BCUT2D eigenvalue weighted by atomic mass is 32.1. The van der Waals surface area contributed by atoms with E-state index in [4.69, 9.17) is 17.0 Å². The number of methoxy groups -OCH3 is 1. The largest absolute Gasteiger partial charge is 0.495 e. The second-order valence-electron chi connectivity index (χ2n) is 7.28. The van der Waals surface area contributed by atoms with Crippen LogP contribution in [0.3, 0.4) is 0 Å². The van der Waals surface area contributed by atoms with E-state index in [-0.39, 0.29) is 10.7 Å². The minimum atomic E-state index is -0.501. The highest BCUT2D eigenvalue weighted by Gasteiger charge is 2.36. The van der Waals surface area contributed by atoms with Gasteiger partial charge in [0.2, 0.25) is 0 Å². The van der Waals surface area contributed by atoms with E-state index in [1.807, 2.05) is 24.3 Å². The number of anilines is 1. The summed E-state index contributed by atoms with van der Waals surface area (Å²) in [6.07, 6.45) is 3.69. The maximum atomic E-state index is 13.4. The summed E-state index contributed by atoms with van der Waals surface area (Å²) in [4.78, 5) is 27.3. The number of aryl methyl sites for hydroxylation is 2. The number of rotatable bonds is 3. The zero-order chi connectivity index (χ0) is 20.8. The van der Waals surface area contributed by atoms with E-state index in [0.29, 0.717) is 11.4 Å². The van der Waals surface area contributed by atoms with Gasteiger partial charge in [-0.3, -0.25) is 14.9 Å². The molecule has 0 saturated carbocycles. The number of ether oxygens (including phenoxy) is 1. The maximum Gasteiger partial charge on any atom is 0.270 e. The van der Waals surface area contributed by atoms with Crippen LogP contribution in [0.25, 0.3) is 16.8 Å². The molecule has 30 heavy (non-hydrogen) atoms. The standard InChI is InChI=1S/C24H18N2O3S/c1-29-20-8-3-2-7-19(20)26-23(28)18(22(27)25-24(26)30)13-16-12-11-15-10-9-14-5-4-6-17(16)21(14)15/h2-8,11-13H,9-10H2,1H3,(H,25,27,30)/b18-13+. The van der Waals surface area contributed by atoms with Gasteiger partial charge in [0, 0.05) is 0 Å². The van der Waals surface area contributed by atoms with Crippen LogP contribution in [-0.4, -0.2) is 24.0 Å². The Morgan fingerprint density at radius 2 is 1.77 bits per heavy atom. The first-order valence-electron chi connectivity index (χ1n) is 9.66. The van der Waals surface area contributed by atoms with Crippen molar-refractivity contribution in [1.82, 2.24) is 5.32 Å². The van der Waals surface area contributed by atoms with E-state index < -0.39 is 11.8 Å². The van der Waals surface area contributed by atoms with Crippen LogP contribution in [-0.2, 0) is 22.4 Å². The predicted octanol–water partition coefficient (Wildman–Crippen LogP) is 3.78. The Bertz CT molecular complexity index is 1270. The number of hydrogen-bond acceptors (Lipinski definition) is 4. The van der Waals surface area contributed by atoms with Gasteiger partial charge in [0.05, 0.1) is 12.8 Å². The third-order valence-electron chi connectivity index (χ3n) is 5.64. The molecule has 3 aromatic carbocycles. The van der Waals surface area contributed by atoms with Crippen LogP contribution in [0.5, 0.6) is 5.75 Å². The molecule has 0 bridgehead atoms. The molecular formula is C24H18N2O3S. The smallest absolute Gasteiger partial charge is 0.270 e. The molecule has 1 heterocycles. The number of thiocarbonyl (C=S) groups is 1. The van der Waals surface area contributed by atoms with Gasteiger partial charge in [0.15, 0.2) is 5.11 Å². The van der Waals surface area contributed by atoms with Gasteiger partial charge in [-0.2, -0.15) is 0 Å². The molecule has 0 unspecified atom stereocenters. The molecule has 5 rings (SSSR count). The molecule has 0 aromatic heterocycles. The van der Waals surface area contributed by atoms with E-state index in [1.165, 1.54) is 28.5 Å². The first kappa shape index (κ1) is 18.5. The number of nitrogens with one attached hydrogen (secondary N) is 1. The molecule has 5 nitrogen and oxygen atoms in total. The lowest BCUT2D eigenvalue weighted by Crippen LogP contribution is -2.54. The van der Waals surface area contributed by atoms with E-state index in [2.05, 4.69) is 17.4 Å². The Morgan fingerprint density at radius 3 is 2.57 bits per heavy atom. The number of benzene rings is 3. The minimum absolute atomic E-state index is 0.0343. The first-order valence-corrected chi connectivity index (χ1v) is 10.1. The fraction of sp³-hybridized carbons (Fsp3) is 0.125. The fourth-order valence-electron chi connectivity index (χ4n) is 4.24. The number of carbonyl (C=O) groups is 2. The van der Waals surface area contributed by atoms with Crippen molar-refractivity contribution < 1.29 is 14.3 Å². The SMILES string of the molecule is COc1ccccc1N1C(=O)/C(=C/c2ccc3c4c(cccc24)CC3)C(=O)NC1=S. The summed E-state index contributed by atoms with van der Waals surface area (Å²) in [6.45, 7) is 0. The Kier molecular flexibility index (Phi) is 4.37. The summed E-state index contributed by atoms with van der Waals surface area (Å²) in [7, 11) is 1.53. The van der Waals surface area contributed by atoms with Crippen LogP contribution in [0, 0.1) is 0 Å². The van der Waals surface area contributed by atoms with Crippen molar-refractivity contribution in [2.45, 2.75) is 12.8 Å². The molecule has 1 aliphatic heterocycles. The summed E-state index contributed by atoms with van der Waals surface area (Å²) < 4.78 is 5.38. The van der Waals surface area contributed by atoms with Crippen LogP contribution in [0.15, 0.2) is 60.2 Å². The second kappa shape index (κ2) is 7.07. The molecule has 2 aliphatic rings. The topological polar surface area (TPSA) is 58.6 Å². The monoisotopic (exact) mass is 414 g/mol. The van der Waals surface area contributed by atoms with Gasteiger partial charge in [0.1, 0.15) is 11.3 Å². The molecule has 0 radical (unpaired) electrons.